The molecule has 1 fully saturated rings. The maximum Gasteiger partial charge on any atom is 0.138 e. The zero-order valence-corrected chi connectivity index (χ0v) is 21.2. The van der Waals surface area contributed by atoms with Gasteiger partial charge in [0.2, 0.25) is 0 Å². The third kappa shape index (κ3) is 5.56. The number of aryl methyl sites for hydroxylation is 2. The third-order valence-electron chi connectivity index (χ3n) is 6.22. The zero-order valence-electron chi connectivity index (χ0n) is 18.8. The molecule has 2 aromatic heterocycles. The standard InChI is InChI=1S/C25H28N4O.3ClH/c1-16-23(17(2)29-28-16)20-13-19-10-12-30-25(19)21(14-20)15-27-22-9-6-11-26-24(22)18-7-4-3-5-8-18;;;/h3-5,7-8,10,12-14,22,24,26-27H,6,9,11,15H2,1-2H3,(H,28,29);3*1H/t22-,24-;;;/m0.../s1. The van der Waals surface area contributed by atoms with E-state index in [0.29, 0.717) is 12.1 Å². The number of aromatic amines is 1. The maximum absolute atomic E-state index is 5.85. The lowest BCUT2D eigenvalue weighted by atomic mass is 9.92. The number of hydrogen-bond acceptors (Lipinski definition) is 4. The SMILES string of the molecule is Cc1n[nH]c(C)c1-c1cc(CN[C@H]2CCCN[C@H]2c2ccccc2)c2occc2c1.Cl.Cl.Cl. The van der Waals surface area contributed by atoms with E-state index in [1.165, 1.54) is 28.7 Å². The second-order valence-corrected chi connectivity index (χ2v) is 8.26. The van der Waals surface area contributed by atoms with Gasteiger partial charge in [0.15, 0.2) is 0 Å². The van der Waals surface area contributed by atoms with Crippen molar-refractivity contribution < 1.29 is 4.42 Å². The minimum absolute atomic E-state index is 0. The molecule has 2 aromatic carbocycles. The number of furan rings is 1. The molecule has 0 aliphatic carbocycles. The van der Waals surface area contributed by atoms with Crippen molar-refractivity contribution >= 4 is 48.2 Å². The van der Waals surface area contributed by atoms with Crippen molar-refractivity contribution in [2.45, 2.75) is 45.3 Å². The number of aromatic nitrogens is 2. The van der Waals surface area contributed by atoms with E-state index in [1.807, 2.05) is 6.07 Å². The van der Waals surface area contributed by atoms with Crippen molar-refractivity contribution in [1.29, 1.82) is 0 Å². The number of fused-ring (bicyclic) bond motifs is 1. The van der Waals surface area contributed by atoms with Crippen LogP contribution >= 0.6 is 37.2 Å². The summed E-state index contributed by atoms with van der Waals surface area (Å²) in [5, 5.41) is 16.1. The Bertz CT molecular complexity index is 1140. The van der Waals surface area contributed by atoms with Crippen molar-refractivity contribution in [1.82, 2.24) is 20.8 Å². The molecule has 33 heavy (non-hydrogen) atoms. The van der Waals surface area contributed by atoms with Gasteiger partial charge < -0.3 is 15.1 Å². The molecule has 3 N–H and O–H groups in total. The van der Waals surface area contributed by atoms with Gasteiger partial charge in [0.1, 0.15) is 5.58 Å². The summed E-state index contributed by atoms with van der Waals surface area (Å²) >= 11 is 0. The molecule has 2 atom stereocenters. The number of piperidine rings is 1. The third-order valence-corrected chi connectivity index (χ3v) is 6.22. The summed E-state index contributed by atoms with van der Waals surface area (Å²) in [6.45, 7) is 5.96. The molecule has 1 saturated heterocycles. The first-order chi connectivity index (χ1) is 14.7. The summed E-state index contributed by atoms with van der Waals surface area (Å²) in [5.74, 6) is 0. The van der Waals surface area contributed by atoms with Gasteiger partial charge in [0.05, 0.1) is 12.0 Å². The second kappa shape index (κ2) is 11.9. The largest absolute Gasteiger partial charge is 0.464 e. The van der Waals surface area contributed by atoms with Gasteiger partial charge in [0, 0.05) is 40.8 Å². The van der Waals surface area contributed by atoms with Gasteiger partial charge in [-0.2, -0.15) is 5.10 Å². The van der Waals surface area contributed by atoms with E-state index in [9.17, 15) is 0 Å². The molecular formula is C25H31Cl3N4O. The van der Waals surface area contributed by atoms with Crippen LogP contribution in [0.1, 0.15) is 41.4 Å². The average Bonchev–Trinajstić information content (AvgIpc) is 3.38. The molecule has 4 aromatic rings. The van der Waals surface area contributed by atoms with Crippen LogP contribution in [0.2, 0.25) is 0 Å². The Labute approximate surface area is 213 Å². The Hall–Kier alpha value is -2.02. The molecule has 0 radical (unpaired) electrons. The molecule has 0 bridgehead atoms. The summed E-state index contributed by atoms with van der Waals surface area (Å²) in [7, 11) is 0. The lowest BCUT2D eigenvalue weighted by Crippen LogP contribution is -2.45. The van der Waals surface area contributed by atoms with Gasteiger partial charge in [-0.1, -0.05) is 30.3 Å². The lowest BCUT2D eigenvalue weighted by molar-refractivity contribution is 0.304. The Kier molecular flexibility index (Phi) is 9.83. The van der Waals surface area contributed by atoms with Crippen LogP contribution in [-0.4, -0.2) is 22.8 Å². The topological polar surface area (TPSA) is 65.9 Å². The van der Waals surface area contributed by atoms with Crippen LogP contribution < -0.4 is 10.6 Å². The van der Waals surface area contributed by atoms with Crippen molar-refractivity contribution in [3.05, 3.63) is 77.3 Å². The van der Waals surface area contributed by atoms with E-state index < -0.39 is 0 Å². The highest BCUT2D eigenvalue weighted by molar-refractivity contribution is 5.87. The fraction of sp³-hybridized carbons (Fsp3) is 0.320. The van der Waals surface area contributed by atoms with E-state index in [4.69, 9.17) is 4.42 Å². The average molecular weight is 510 g/mol. The number of halogens is 3. The molecule has 1 aliphatic heterocycles. The van der Waals surface area contributed by atoms with E-state index in [2.05, 4.69) is 77.1 Å². The first-order valence-electron chi connectivity index (χ1n) is 10.7. The Morgan fingerprint density at radius 2 is 1.85 bits per heavy atom. The summed E-state index contributed by atoms with van der Waals surface area (Å²) in [4.78, 5) is 0. The number of hydrogen-bond donors (Lipinski definition) is 3. The summed E-state index contributed by atoms with van der Waals surface area (Å²) < 4.78 is 5.85. The molecule has 1 aliphatic rings. The highest BCUT2D eigenvalue weighted by Crippen LogP contribution is 2.32. The molecule has 0 amide bonds. The lowest BCUT2D eigenvalue weighted by Gasteiger charge is -2.34. The number of benzene rings is 2. The van der Waals surface area contributed by atoms with Crippen LogP contribution in [0.15, 0.2) is 59.2 Å². The van der Waals surface area contributed by atoms with Gasteiger partial charge in [-0.25, -0.2) is 0 Å². The van der Waals surface area contributed by atoms with Crippen LogP contribution in [-0.2, 0) is 6.54 Å². The highest BCUT2D eigenvalue weighted by atomic mass is 35.5. The molecule has 0 saturated carbocycles. The zero-order chi connectivity index (χ0) is 20.5. The van der Waals surface area contributed by atoms with Crippen molar-refractivity contribution in [3.63, 3.8) is 0 Å². The van der Waals surface area contributed by atoms with Crippen molar-refractivity contribution in [2.75, 3.05) is 6.54 Å². The maximum atomic E-state index is 5.85. The number of rotatable bonds is 5. The fourth-order valence-electron chi connectivity index (χ4n) is 4.77. The molecule has 0 unspecified atom stereocenters. The van der Waals surface area contributed by atoms with E-state index in [-0.39, 0.29) is 37.2 Å². The summed E-state index contributed by atoms with van der Waals surface area (Å²) in [6, 6.07) is 17.9. The van der Waals surface area contributed by atoms with E-state index >= 15 is 0 Å². The van der Waals surface area contributed by atoms with Crippen LogP contribution in [0, 0.1) is 13.8 Å². The molecular weight excluding hydrogens is 479 g/mol. The number of nitrogens with zero attached hydrogens (tertiary/aromatic N) is 1. The van der Waals surface area contributed by atoms with Crippen LogP contribution in [0.25, 0.3) is 22.1 Å². The second-order valence-electron chi connectivity index (χ2n) is 8.26. The fourth-order valence-corrected chi connectivity index (χ4v) is 4.77. The summed E-state index contributed by atoms with van der Waals surface area (Å²) in [6.07, 6.45) is 4.13. The Morgan fingerprint density at radius 3 is 2.58 bits per heavy atom. The van der Waals surface area contributed by atoms with Crippen LogP contribution in [0.4, 0.5) is 0 Å². The van der Waals surface area contributed by atoms with E-state index in [1.54, 1.807) is 6.26 Å². The van der Waals surface area contributed by atoms with Gasteiger partial charge >= 0.3 is 0 Å². The van der Waals surface area contributed by atoms with Gasteiger partial charge in [-0.15, -0.1) is 37.2 Å². The Balaban J connectivity index is 0.00000128. The van der Waals surface area contributed by atoms with Crippen molar-refractivity contribution in [2.24, 2.45) is 0 Å². The van der Waals surface area contributed by atoms with Crippen molar-refractivity contribution in [3.8, 4) is 11.1 Å². The monoisotopic (exact) mass is 508 g/mol. The first-order valence-corrected chi connectivity index (χ1v) is 10.7. The smallest absolute Gasteiger partial charge is 0.138 e. The molecule has 0 spiro atoms. The van der Waals surface area contributed by atoms with Gasteiger partial charge in [0.25, 0.3) is 0 Å². The molecule has 5 rings (SSSR count). The highest BCUT2D eigenvalue weighted by Gasteiger charge is 2.26. The minimum Gasteiger partial charge on any atom is -0.464 e. The number of nitrogens with one attached hydrogen (secondary N) is 3. The molecule has 5 nitrogen and oxygen atoms in total. The normalized spacial score (nSPS) is 17.6. The Morgan fingerprint density at radius 1 is 1.06 bits per heavy atom. The quantitative estimate of drug-likeness (QED) is 0.296. The van der Waals surface area contributed by atoms with E-state index in [0.717, 1.165) is 41.9 Å². The van der Waals surface area contributed by atoms with Gasteiger partial charge in [-0.3, -0.25) is 5.10 Å². The predicted octanol–water partition coefficient (Wildman–Crippen LogP) is 6.29. The van der Waals surface area contributed by atoms with Crippen LogP contribution in [0.3, 0.4) is 0 Å². The molecule has 178 valence electrons. The molecule has 3 heterocycles. The summed E-state index contributed by atoms with van der Waals surface area (Å²) in [5.41, 5.74) is 7.97. The number of H-pyrrole nitrogens is 1. The molecule has 8 heteroatoms. The van der Waals surface area contributed by atoms with Gasteiger partial charge in [-0.05, 0) is 62.6 Å². The first kappa shape index (κ1) is 27.2. The minimum atomic E-state index is 0. The predicted molar refractivity (Wildman–Crippen MR) is 142 cm³/mol. The van der Waals surface area contributed by atoms with Crippen LogP contribution in [0.5, 0.6) is 0 Å².